The first-order valence-corrected chi connectivity index (χ1v) is 5.58. The average Bonchev–Trinajstić information content (AvgIpc) is 2.62. The molecule has 1 saturated heterocycles. The summed E-state index contributed by atoms with van der Waals surface area (Å²) in [6.07, 6.45) is 4.99. The van der Waals surface area contributed by atoms with Crippen molar-refractivity contribution in [3.63, 3.8) is 0 Å². The molecule has 1 aliphatic heterocycles. The van der Waals surface area contributed by atoms with E-state index in [0.717, 1.165) is 24.2 Å². The molecule has 0 amide bonds. The first-order chi connectivity index (χ1) is 6.18. The molecule has 1 aromatic heterocycles. The summed E-state index contributed by atoms with van der Waals surface area (Å²) < 4.78 is 4.98. The lowest BCUT2D eigenvalue weighted by atomic mass is 9.93. The lowest BCUT2D eigenvalue weighted by Gasteiger charge is -2.20. The van der Waals surface area contributed by atoms with Gasteiger partial charge in [-0.25, -0.2) is 0 Å². The Labute approximate surface area is 82.3 Å². The largest absolute Gasteiger partial charge is 0.472 e. The highest BCUT2D eigenvalue weighted by molar-refractivity contribution is 8.00. The molecule has 2 rings (SSSR count). The molecule has 1 N–H and O–H groups in total. The molecule has 1 aromatic rings. The van der Waals surface area contributed by atoms with Crippen LogP contribution in [-0.4, -0.2) is 21.7 Å². The highest BCUT2D eigenvalue weighted by Gasteiger charge is 2.36. The zero-order valence-electron chi connectivity index (χ0n) is 7.69. The number of aliphatic hydroxyl groups is 1. The summed E-state index contributed by atoms with van der Waals surface area (Å²) in [6.45, 7) is 2.16. The minimum Gasteiger partial charge on any atom is -0.472 e. The summed E-state index contributed by atoms with van der Waals surface area (Å²) in [5.74, 6) is 0.847. The van der Waals surface area contributed by atoms with E-state index in [2.05, 4.69) is 6.92 Å². The zero-order valence-corrected chi connectivity index (χ0v) is 8.51. The fraction of sp³-hybridized carbons (Fsp3) is 0.600. The summed E-state index contributed by atoms with van der Waals surface area (Å²) in [4.78, 5) is 0. The standard InChI is InChI=1S/C10H14O2S/c1-8-4-10(11,7-13-8)5-9-2-3-12-6-9/h2-3,6,8,11H,4-5,7H2,1H3. The second-order valence-corrected chi connectivity index (χ2v) is 5.29. The van der Waals surface area contributed by atoms with E-state index in [-0.39, 0.29) is 0 Å². The van der Waals surface area contributed by atoms with E-state index < -0.39 is 5.60 Å². The molecule has 2 nitrogen and oxygen atoms in total. The second-order valence-electron chi connectivity index (χ2n) is 3.86. The molecule has 72 valence electrons. The Hall–Kier alpha value is -0.410. The smallest absolute Gasteiger partial charge is 0.0935 e. The van der Waals surface area contributed by atoms with Crippen LogP contribution in [0.4, 0.5) is 0 Å². The van der Waals surface area contributed by atoms with Crippen LogP contribution in [0.1, 0.15) is 18.9 Å². The second kappa shape index (κ2) is 3.39. The van der Waals surface area contributed by atoms with E-state index in [9.17, 15) is 5.11 Å². The number of thioether (sulfide) groups is 1. The van der Waals surface area contributed by atoms with Crippen molar-refractivity contribution >= 4 is 11.8 Å². The number of hydrogen-bond acceptors (Lipinski definition) is 3. The molecule has 2 heterocycles. The van der Waals surface area contributed by atoms with Crippen molar-refractivity contribution in [2.45, 2.75) is 30.6 Å². The van der Waals surface area contributed by atoms with Crippen molar-refractivity contribution in [1.29, 1.82) is 0 Å². The van der Waals surface area contributed by atoms with Gasteiger partial charge < -0.3 is 9.52 Å². The van der Waals surface area contributed by atoms with E-state index >= 15 is 0 Å². The molecule has 3 heteroatoms. The quantitative estimate of drug-likeness (QED) is 0.790. The van der Waals surface area contributed by atoms with E-state index in [1.54, 1.807) is 12.5 Å². The van der Waals surface area contributed by atoms with Crippen LogP contribution in [0.2, 0.25) is 0 Å². The molecular weight excluding hydrogens is 184 g/mol. The SMILES string of the molecule is CC1CC(O)(Cc2ccoc2)CS1. The van der Waals surface area contributed by atoms with Crippen LogP contribution in [0.5, 0.6) is 0 Å². The van der Waals surface area contributed by atoms with Gasteiger partial charge in [0.05, 0.1) is 18.1 Å². The minimum absolute atomic E-state index is 0.506. The Balaban J connectivity index is 2.01. The van der Waals surface area contributed by atoms with Gasteiger partial charge in [-0.2, -0.15) is 11.8 Å². The van der Waals surface area contributed by atoms with Crippen LogP contribution in [-0.2, 0) is 6.42 Å². The van der Waals surface area contributed by atoms with Crippen molar-refractivity contribution in [2.75, 3.05) is 5.75 Å². The van der Waals surface area contributed by atoms with Gasteiger partial charge in [0.2, 0.25) is 0 Å². The first-order valence-electron chi connectivity index (χ1n) is 4.53. The third kappa shape index (κ3) is 2.09. The topological polar surface area (TPSA) is 33.4 Å². The van der Waals surface area contributed by atoms with Crippen molar-refractivity contribution in [3.05, 3.63) is 24.2 Å². The van der Waals surface area contributed by atoms with Crippen LogP contribution < -0.4 is 0 Å². The van der Waals surface area contributed by atoms with Gasteiger partial charge in [0, 0.05) is 17.4 Å². The van der Waals surface area contributed by atoms with Crippen LogP contribution in [0.15, 0.2) is 23.0 Å². The minimum atomic E-state index is -0.506. The van der Waals surface area contributed by atoms with Gasteiger partial charge in [-0.05, 0) is 18.1 Å². The molecule has 0 aliphatic carbocycles. The summed E-state index contributed by atoms with van der Waals surface area (Å²) in [5.41, 5.74) is 0.589. The van der Waals surface area contributed by atoms with E-state index in [1.165, 1.54) is 0 Å². The molecule has 0 bridgehead atoms. The zero-order chi connectivity index (χ0) is 9.31. The van der Waals surface area contributed by atoms with E-state index in [0.29, 0.717) is 5.25 Å². The van der Waals surface area contributed by atoms with E-state index in [1.807, 2.05) is 17.8 Å². The number of rotatable bonds is 2. The molecule has 1 fully saturated rings. The fourth-order valence-electron chi connectivity index (χ4n) is 1.85. The van der Waals surface area contributed by atoms with Crippen molar-refractivity contribution in [2.24, 2.45) is 0 Å². The lowest BCUT2D eigenvalue weighted by Crippen LogP contribution is -2.31. The third-order valence-electron chi connectivity index (χ3n) is 2.42. The average molecular weight is 198 g/mol. The Morgan fingerprint density at radius 2 is 2.62 bits per heavy atom. The molecule has 2 atom stereocenters. The Kier molecular flexibility index (Phi) is 2.39. The molecule has 1 aliphatic rings. The van der Waals surface area contributed by atoms with Crippen LogP contribution in [0.25, 0.3) is 0 Å². The van der Waals surface area contributed by atoms with Gasteiger partial charge in [0.1, 0.15) is 0 Å². The van der Waals surface area contributed by atoms with Crippen LogP contribution in [0, 0.1) is 0 Å². The molecule has 0 radical (unpaired) electrons. The molecule has 0 aromatic carbocycles. The summed E-state index contributed by atoms with van der Waals surface area (Å²) in [7, 11) is 0. The molecule has 0 saturated carbocycles. The third-order valence-corrected chi connectivity index (χ3v) is 3.86. The maximum atomic E-state index is 10.2. The van der Waals surface area contributed by atoms with E-state index in [4.69, 9.17) is 4.42 Å². The van der Waals surface area contributed by atoms with Gasteiger partial charge in [0.25, 0.3) is 0 Å². The Morgan fingerprint density at radius 1 is 1.77 bits per heavy atom. The van der Waals surface area contributed by atoms with Crippen molar-refractivity contribution in [1.82, 2.24) is 0 Å². The molecule has 13 heavy (non-hydrogen) atoms. The summed E-state index contributed by atoms with van der Waals surface area (Å²) in [5, 5.41) is 10.8. The summed E-state index contributed by atoms with van der Waals surface area (Å²) in [6, 6.07) is 1.92. The van der Waals surface area contributed by atoms with Gasteiger partial charge in [-0.3, -0.25) is 0 Å². The molecular formula is C10H14O2S. The lowest BCUT2D eigenvalue weighted by molar-refractivity contribution is 0.0641. The molecule has 0 spiro atoms. The van der Waals surface area contributed by atoms with Crippen molar-refractivity contribution < 1.29 is 9.52 Å². The highest BCUT2D eigenvalue weighted by Crippen LogP contribution is 2.36. The Bertz CT molecular complexity index is 270. The maximum Gasteiger partial charge on any atom is 0.0935 e. The number of hydrogen-bond donors (Lipinski definition) is 1. The number of furan rings is 1. The maximum absolute atomic E-state index is 10.2. The van der Waals surface area contributed by atoms with Gasteiger partial charge in [0.15, 0.2) is 0 Å². The normalized spacial score (nSPS) is 33.8. The fourth-order valence-corrected chi connectivity index (χ4v) is 3.09. The van der Waals surface area contributed by atoms with Gasteiger partial charge in [-0.1, -0.05) is 6.92 Å². The first kappa shape index (κ1) is 9.16. The summed E-state index contributed by atoms with van der Waals surface area (Å²) >= 11 is 1.85. The van der Waals surface area contributed by atoms with Crippen LogP contribution >= 0.6 is 11.8 Å². The monoisotopic (exact) mass is 198 g/mol. The van der Waals surface area contributed by atoms with Gasteiger partial charge >= 0.3 is 0 Å². The highest BCUT2D eigenvalue weighted by atomic mass is 32.2. The van der Waals surface area contributed by atoms with Crippen LogP contribution in [0.3, 0.4) is 0 Å². The predicted octanol–water partition coefficient (Wildman–Crippen LogP) is 2.08. The molecule has 2 unspecified atom stereocenters. The van der Waals surface area contributed by atoms with Gasteiger partial charge in [-0.15, -0.1) is 0 Å². The predicted molar refractivity (Wildman–Crippen MR) is 53.9 cm³/mol. The Morgan fingerprint density at radius 3 is 3.15 bits per heavy atom. The van der Waals surface area contributed by atoms with Crippen molar-refractivity contribution in [3.8, 4) is 0 Å².